The van der Waals surface area contributed by atoms with Crippen molar-refractivity contribution >= 4 is 17.8 Å². The van der Waals surface area contributed by atoms with Gasteiger partial charge in [0.2, 0.25) is 5.91 Å². The number of amides is 1. The first-order chi connectivity index (χ1) is 19.0. The third-order valence-electron chi connectivity index (χ3n) is 11.7. The summed E-state index contributed by atoms with van der Waals surface area (Å²) in [5, 5.41) is 11.9. The van der Waals surface area contributed by atoms with Crippen LogP contribution in [0.4, 0.5) is 0 Å². The molecule has 0 saturated heterocycles. The first-order valence-electron chi connectivity index (χ1n) is 15.9. The molecule has 0 spiro atoms. The molecule has 4 aliphatic rings. The van der Waals surface area contributed by atoms with Gasteiger partial charge in [0, 0.05) is 19.9 Å². The third kappa shape index (κ3) is 7.03. The van der Waals surface area contributed by atoms with Gasteiger partial charge in [-0.1, -0.05) is 20.8 Å². The highest BCUT2D eigenvalue weighted by molar-refractivity contribution is 5.72. The van der Waals surface area contributed by atoms with Crippen LogP contribution in [0.3, 0.4) is 0 Å². The lowest BCUT2D eigenvalue weighted by molar-refractivity contribution is -0.167. The lowest BCUT2D eigenvalue weighted by atomic mass is 9.44. The molecule has 0 bridgehead atoms. The molecule has 4 fully saturated rings. The minimum atomic E-state index is -0.670. The summed E-state index contributed by atoms with van der Waals surface area (Å²) in [6.45, 7) is 10.4. The fraction of sp³-hybridized carbons (Fsp3) is 0.906. The Bertz CT molecular complexity index is 894. The van der Waals surface area contributed by atoms with Gasteiger partial charge in [-0.3, -0.25) is 9.59 Å². The van der Waals surface area contributed by atoms with Crippen molar-refractivity contribution in [1.82, 2.24) is 5.32 Å². The van der Waals surface area contributed by atoms with E-state index in [2.05, 4.69) is 26.1 Å². The molecule has 4 rings (SSSR count). The summed E-state index contributed by atoms with van der Waals surface area (Å²) in [6.07, 6.45) is 11.7. The Hall–Kier alpha value is -1.67. The Morgan fingerprint density at radius 3 is 2.40 bits per heavy atom. The van der Waals surface area contributed by atoms with Gasteiger partial charge in [0.25, 0.3) is 0 Å². The number of carbonyl (C=O) groups is 3. The standard InChI is InChI=1S/C32H53NO7/c1-21(5-10-29(35)36)26-8-9-27-25-7-6-23-19-24(11-13-31(23,3)28(25)12-14-32(26,27)4)40-30(37)20-39-18-17-38-16-15-33-22(2)34/h21,23-28H,5-20H2,1-4H3,(H,33,34)(H,35,36)/t21-,23-,24+,25?,26-,27+,28+,31+,32-/m1/s1. The van der Waals surface area contributed by atoms with Crippen molar-refractivity contribution in [2.45, 2.75) is 104 Å². The summed E-state index contributed by atoms with van der Waals surface area (Å²) in [4.78, 5) is 34.5. The molecular weight excluding hydrogens is 510 g/mol. The minimum Gasteiger partial charge on any atom is -0.481 e. The number of fused-ring (bicyclic) bond motifs is 5. The zero-order valence-corrected chi connectivity index (χ0v) is 25.3. The normalized spacial score (nSPS) is 37.5. The molecule has 4 saturated carbocycles. The van der Waals surface area contributed by atoms with Crippen LogP contribution < -0.4 is 5.32 Å². The molecule has 1 unspecified atom stereocenters. The maximum absolute atomic E-state index is 12.5. The van der Waals surface area contributed by atoms with Crippen LogP contribution in [0.2, 0.25) is 0 Å². The molecule has 4 aliphatic carbocycles. The minimum absolute atomic E-state index is 0.0144. The lowest BCUT2D eigenvalue weighted by Crippen LogP contribution is -2.54. The van der Waals surface area contributed by atoms with Crippen LogP contribution in [0.5, 0.6) is 0 Å². The van der Waals surface area contributed by atoms with Gasteiger partial charge in [-0.2, -0.15) is 0 Å². The van der Waals surface area contributed by atoms with E-state index in [-0.39, 0.29) is 31.0 Å². The molecule has 0 aromatic rings. The lowest BCUT2D eigenvalue weighted by Gasteiger charge is -2.61. The Kier molecular flexibility index (Phi) is 10.6. The number of carboxylic acid groups (broad SMARTS) is 1. The molecule has 228 valence electrons. The van der Waals surface area contributed by atoms with Crippen LogP contribution in [-0.2, 0) is 28.6 Å². The van der Waals surface area contributed by atoms with Crippen LogP contribution in [0, 0.1) is 46.3 Å². The number of carboxylic acids is 1. The Balaban J connectivity index is 1.22. The summed E-state index contributed by atoms with van der Waals surface area (Å²) < 4.78 is 16.7. The second-order valence-electron chi connectivity index (χ2n) is 13.8. The summed E-state index contributed by atoms with van der Waals surface area (Å²) >= 11 is 0. The molecule has 0 aromatic carbocycles. The molecule has 0 aromatic heterocycles. The van der Waals surface area contributed by atoms with Crippen molar-refractivity contribution in [1.29, 1.82) is 0 Å². The molecule has 0 radical (unpaired) electrons. The number of esters is 1. The monoisotopic (exact) mass is 563 g/mol. The molecule has 2 N–H and O–H groups in total. The van der Waals surface area contributed by atoms with Crippen LogP contribution >= 0.6 is 0 Å². The van der Waals surface area contributed by atoms with E-state index in [4.69, 9.17) is 14.2 Å². The molecule has 0 heterocycles. The van der Waals surface area contributed by atoms with Gasteiger partial charge >= 0.3 is 11.9 Å². The fourth-order valence-corrected chi connectivity index (χ4v) is 9.75. The highest BCUT2D eigenvalue weighted by Gasteiger charge is 2.60. The molecule has 0 aliphatic heterocycles. The Morgan fingerprint density at radius 2 is 1.65 bits per heavy atom. The summed E-state index contributed by atoms with van der Waals surface area (Å²) in [5.41, 5.74) is 0.677. The van der Waals surface area contributed by atoms with Crippen molar-refractivity contribution in [3.8, 4) is 0 Å². The number of carbonyl (C=O) groups excluding carboxylic acids is 2. The number of aliphatic carboxylic acids is 1. The highest BCUT2D eigenvalue weighted by Crippen LogP contribution is 2.68. The number of nitrogens with one attached hydrogen (secondary N) is 1. The van der Waals surface area contributed by atoms with Crippen molar-refractivity contribution in [2.75, 3.05) is 33.0 Å². The fourth-order valence-electron chi connectivity index (χ4n) is 9.75. The highest BCUT2D eigenvalue weighted by atomic mass is 16.6. The average Bonchev–Trinajstić information content (AvgIpc) is 3.26. The van der Waals surface area contributed by atoms with E-state index >= 15 is 0 Å². The van der Waals surface area contributed by atoms with Gasteiger partial charge in [0.1, 0.15) is 12.7 Å². The van der Waals surface area contributed by atoms with Crippen molar-refractivity contribution in [2.24, 2.45) is 46.3 Å². The Morgan fingerprint density at radius 1 is 0.925 bits per heavy atom. The van der Waals surface area contributed by atoms with Gasteiger partial charge < -0.3 is 24.6 Å². The average molecular weight is 564 g/mol. The van der Waals surface area contributed by atoms with E-state index in [9.17, 15) is 19.5 Å². The van der Waals surface area contributed by atoms with E-state index in [0.717, 1.165) is 43.4 Å². The second-order valence-corrected chi connectivity index (χ2v) is 13.8. The van der Waals surface area contributed by atoms with Gasteiger partial charge in [-0.05, 0) is 111 Å². The third-order valence-corrected chi connectivity index (χ3v) is 11.7. The molecule has 8 nitrogen and oxygen atoms in total. The van der Waals surface area contributed by atoms with Gasteiger partial charge in [0.15, 0.2) is 0 Å². The number of ether oxygens (including phenoxy) is 3. The van der Waals surface area contributed by atoms with Crippen LogP contribution in [-0.4, -0.2) is 62.0 Å². The first kappa shape index (κ1) is 31.3. The molecule has 1 amide bonds. The first-order valence-corrected chi connectivity index (χ1v) is 15.9. The summed E-state index contributed by atoms with van der Waals surface area (Å²) in [5.74, 6) is 3.00. The largest absolute Gasteiger partial charge is 0.481 e. The molecule has 9 atom stereocenters. The van der Waals surface area contributed by atoms with Gasteiger partial charge in [-0.15, -0.1) is 0 Å². The topological polar surface area (TPSA) is 111 Å². The number of hydrogen-bond acceptors (Lipinski definition) is 6. The molecule has 8 heteroatoms. The zero-order chi connectivity index (χ0) is 28.9. The van der Waals surface area contributed by atoms with Gasteiger partial charge in [0.05, 0.1) is 19.8 Å². The summed E-state index contributed by atoms with van der Waals surface area (Å²) in [6, 6.07) is 0. The van der Waals surface area contributed by atoms with Crippen LogP contribution in [0.1, 0.15) is 98.3 Å². The molecule has 40 heavy (non-hydrogen) atoms. The van der Waals surface area contributed by atoms with Crippen LogP contribution in [0.15, 0.2) is 0 Å². The van der Waals surface area contributed by atoms with E-state index in [1.165, 1.54) is 45.4 Å². The van der Waals surface area contributed by atoms with Crippen molar-refractivity contribution < 1.29 is 33.7 Å². The maximum Gasteiger partial charge on any atom is 0.332 e. The quantitative estimate of drug-likeness (QED) is 0.233. The number of hydrogen-bond donors (Lipinski definition) is 2. The van der Waals surface area contributed by atoms with E-state index in [1.54, 1.807) is 0 Å². The van der Waals surface area contributed by atoms with E-state index in [0.29, 0.717) is 54.9 Å². The predicted octanol–water partition coefficient (Wildman–Crippen LogP) is 5.23. The molecular formula is C32H53NO7. The van der Waals surface area contributed by atoms with E-state index in [1.807, 2.05) is 0 Å². The zero-order valence-electron chi connectivity index (χ0n) is 25.3. The summed E-state index contributed by atoms with van der Waals surface area (Å²) in [7, 11) is 0. The van der Waals surface area contributed by atoms with Crippen molar-refractivity contribution in [3.05, 3.63) is 0 Å². The second kappa shape index (κ2) is 13.5. The Labute approximate surface area is 240 Å². The SMILES string of the molecule is CC(=O)NCCOCCOCC(=O)O[C@H]1CC[C@@]2(C)[C@H](CCC3[C@@H]2CC[C@]2(C)[C@@H]([C@H](C)CCC(=O)O)CC[C@@H]32)C1. The number of rotatable bonds is 13. The van der Waals surface area contributed by atoms with Crippen molar-refractivity contribution in [3.63, 3.8) is 0 Å². The predicted molar refractivity (Wildman–Crippen MR) is 151 cm³/mol. The van der Waals surface area contributed by atoms with Crippen LogP contribution in [0.25, 0.3) is 0 Å². The van der Waals surface area contributed by atoms with Gasteiger partial charge in [-0.25, -0.2) is 4.79 Å². The maximum atomic E-state index is 12.5. The van der Waals surface area contributed by atoms with E-state index < -0.39 is 5.97 Å². The smallest absolute Gasteiger partial charge is 0.332 e.